The molecule has 0 saturated heterocycles. The summed E-state index contributed by atoms with van der Waals surface area (Å²) in [5, 5.41) is 2.75. The van der Waals surface area contributed by atoms with Crippen molar-refractivity contribution in [3.8, 4) is 5.75 Å². The Morgan fingerprint density at radius 2 is 1.85 bits per heavy atom. The molecular formula is C18H23N3O4S. The van der Waals surface area contributed by atoms with Gasteiger partial charge in [-0.3, -0.25) is 4.79 Å². The van der Waals surface area contributed by atoms with Gasteiger partial charge in [-0.05, 0) is 56.7 Å². The Labute approximate surface area is 153 Å². The molecule has 26 heavy (non-hydrogen) atoms. The number of nitrogen functional groups attached to an aromatic ring is 1. The number of amides is 1. The molecule has 0 aliphatic carbocycles. The lowest BCUT2D eigenvalue weighted by Crippen LogP contribution is -2.30. The molecule has 0 spiro atoms. The summed E-state index contributed by atoms with van der Waals surface area (Å²) in [6, 6.07) is 9.13. The van der Waals surface area contributed by atoms with Crippen LogP contribution in [-0.2, 0) is 10.0 Å². The highest BCUT2D eigenvalue weighted by molar-refractivity contribution is 7.89. The van der Waals surface area contributed by atoms with Gasteiger partial charge in [0.25, 0.3) is 5.91 Å². The first-order chi connectivity index (χ1) is 12.1. The van der Waals surface area contributed by atoms with E-state index < -0.39 is 15.9 Å². The third-order valence-electron chi connectivity index (χ3n) is 3.62. The van der Waals surface area contributed by atoms with Gasteiger partial charge in [-0.25, -0.2) is 13.1 Å². The summed E-state index contributed by atoms with van der Waals surface area (Å²) in [6.45, 7) is 5.26. The highest BCUT2D eigenvalue weighted by Gasteiger charge is 2.22. The van der Waals surface area contributed by atoms with Crippen molar-refractivity contribution in [2.75, 3.05) is 18.2 Å². The van der Waals surface area contributed by atoms with Gasteiger partial charge in [0.2, 0.25) is 10.0 Å². The van der Waals surface area contributed by atoms with Crippen molar-refractivity contribution in [1.82, 2.24) is 4.72 Å². The lowest BCUT2D eigenvalue weighted by Gasteiger charge is -2.14. The number of benzene rings is 2. The molecule has 0 radical (unpaired) electrons. The van der Waals surface area contributed by atoms with Crippen LogP contribution < -0.4 is 20.5 Å². The van der Waals surface area contributed by atoms with Crippen molar-refractivity contribution < 1.29 is 17.9 Å². The number of nitrogens with one attached hydrogen (secondary N) is 2. The van der Waals surface area contributed by atoms with Gasteiger partial charge in [0.1, 0.15) is 10.6 Å². The zero-order chi connectivity index (χ0) is 19.5. The van der Waals surface area contributed by atoms with Crippen LogP contribution in [-0.4, -0.2) is 27.5 Å². The highest BCUT2D eigenvalue weighted by atomic mass is 32.2. The minimum Gasteiger partial charge on any atom is -0.495 e. The van der Waals surface area contributed by atoms with Crippen LogP contribution in [0.1, 0.15) is 29.8 Å². The molecule has 140 valence electrons. The minimum absolute atomic E-state index is 0.0920. The van der Waals surface area contributed by atoms with E-state index in [1.165, 1.54) is 25.3 Å². The van der Waals surface area contributed by atoms with Gasteiger partial charge >= 0.3 is 0 Å². The van der Waals surface area contributed by atoms with Crippen molar-refractivity contribution in [1.29, 1.82) is 0 Å². The number of hydrogen-bond acceptors (Lipinski definition) is 5. The number of rotatable bonds is 6. The largest absolute Gasteiger partial charge is 0.495 e. The van der Waals surface area contributed by atoms with Gasteiger partial charge in [0, 0.05) is 23.0 Å². The zero-order valence-corrected chi connectivity index (χ0v) is 16.0. The monoisotopic (exact) mass is 377 g/mol. The molecule has 0 fully saturated rings. The Kier molecular flexibility index (Phi) is 5.89. The van der Waals surface area contributed by atoms with E-state index in [4.69, 9.17) is 10.5 Å². The predicted octanol–water partition coefficient (Wildman–Crippen LogP) is 2.52. The Balaban J connectivity index is 2.40. The molecule has 2 rings (SSSR count). The van der Waals surface area contributed by atoms with E-state index >= 15 is 0 Å². The van der Waals surface area contributed by atoms with Crippen LogP contribution in [0.3, 0.4) is 0 Å². The second kappa shape index (κ2) is 7.76. The van der Waals surface area contributed by atoms with Crippen LogP contribution in [0, 0.1) is 6.92 Å². The van der Waals surface area contributed by atoms with Crippen LogP contribution >= 0.6 is 0 Å². The van der Waals surface area contributed by atoms with E-state index in [0.717, 1.165) is 5.56 Å². The number of nitrogens with two attached hydrogens (primary N) is 1. The number of aryl methyl sites for hydroxylation is 1. The maximum Gasteiger partial charge on any atom is 0.255 e. The number of hydrogen-bond donors (Lipinski definition) is 3. The molecule has 0 bridgehead atoms. The summed E-state index contributed by atoms with van der Waals surface area (Å²) in [7, 11) is -2.45. The van der Waals surface area contributed by atoms with Crippen molar-refractivity contribution in [2.45, 2.75) is 31.7 Å². The van der Waals surface area contributed by atoms with Crippen LogP contribution in [0.15, 0.2) is 41.3 Å². The number of anilines is 2. The first-order valence-corrected chi connectivity index (χ1v) is 9.50. The van der Waals surface area contributed by atoms with Crippen molar-refractivity contribution in [3.63, 3.8) is 0 Å². The number of methoxy groups -OCH3 is 1. The number of carbonyl (C=O) groups excluding carboxylic acids is 1. The van der Waals surface area contributed by atoms with Crippen LogP contribution in [0.2, 0.25) is 0 Å². The average molecular weight is 377 g/mol. The normalized spacial score (nSPS) is 11.4. The van der Waals surface area contributed by atoms with Crippen LogP contribution in [0.5, 0.6) is 5.75 Å². The van der Waals surface area contributed by atoms with Crippen molar-refractivity contribution >= 4 is 27.3 Å². The molecule has 0 aromatic heterocycles. The lowest BCUT2D eigenvalue weighted by atomic mass is 10.1. The smallest absolute Gasteiger partial charge is 0.255 e. The Morgan fingerprint density at radius 3 is 2.46 bits per heavy atom. The number of sulfonamides is 1. The second-order valence-corrected chi connectivity index (χ2v) is 7.85. The summed E-state index contributed by atoms with van der Waals surface area (Å²) in [5.41, 5.74) is 7.87. The van der Waals surface area contributed by atoms with Gasteiger partial charge in [0.15, 0.2) is 0 Å². The first-order valence-electron chi connectivity index (χ1n) is 8.02. The lowest BCUT2D eigenvalue weighted by molar-refractivity contribution is 0.102. The quantitative estimate of drug-likeness (QED) is 0.670. The number of ether oxygens (including phenoxy) is 1. The van der Waals surface area contributed by atoms with Crippen molar-refractivity contribution in [2.24, 2.45) is 0 Å². The predicted molar refractivity (Wildman–Crippen MR) is 102 cm³/mol. The standard InChI is InChI=1S/C18H23N3O4S/c1-11(2)21-26(23,24)17-9-13(6-8-16(17)25-4)18(22)20-15-10-14(19)7-5-12(15)3/h5-11,21H,19H2,1-4H3,(H,20,22). The zero-order valence-electron chi connectivity index (χ0n) is 15.2. The maximum atomic E-state index is 12.6. The average Bonchev–Trinajstić information content (AvgIpc) is 2.56. The van der Waals surface area contributed by atoms with Crippen LogP contribution in [0.4, 0.5) is 11.4 Å². The maximum absolute atomic E-state index is 12.6. The van der Waals surface area contributed by atoms with E-state index in [1.807, 2.05) is 6.92 Å². The van der Waals surface area contributed by atoms with E-state index in [0.29, 0.717) is 11.4 Å². The van der Waals surface area contributed by atoms with Gasteiger partial charge in [-0.2, -0.15) is 0 Å². The van der Waals surface area contributed by atoms with Crippen LogP contribution in [0.25, 0.3) is 0 Å². The third kappa shape index (κ3) is 4.53. The second-order valence-electron chi connectivity index (χ2n) is 6.17. The van der Waals surface area contributed by atoms with E-state index in [2.05, 4.69) is 10.0 Å². The molecule has 4 N–H and O–H groups in total. The third-order valence-corrected chi connectivity index (χ3v) is 5.30. The topological polar surface area (TPSA) is 111 Å². The molecule has 0 heterocycles. The summed E-state index contributed by atoms with van der Waals surface area (Å²) < 4.78 is 32.6. The summed E-state index contributed by atoms with van der Waals surface area (Å²) in [6.07, 6.45) is 0. The minimum atomic E-state index is -3.82. The van der Waals surface area contributed by atoms with Gasteiger partial charge in [0.05, 0.1) is 7.11 Å². The Bertz CT molecular complexity index is 924. The van der Waals surface area contributed by atoms with E-state index in [9.17, 15) is 13.2 Å². The summed E-state index contributed by atoms with van der Waals surface area (Å²) in [5.74, 6) is -0.280. The fraction of sp³-hybridized carbons (Fsp3) is 0.278. The first kappa shape index (κ1) is 19.7. The SMILES string of the molecule is COc1ccc(C(=O)Nc2cc(N)ccc2C)cc1S(=O)(=O)NC(C)C. The molecule has 0 saturated carbocycles. The van der Waals surface area contributed by atoms with Gasteiger partial charge in [-0.1, -0.05) is 6.07 Å². The molecule has 2 aromatic rings. The molecular weight excluding hydrogens is 354 g/mol. The fourth-order valence-electron chi connectivity index (χ4n) is 2.37. The molecule has 0 aliphatic heterocycles. The van der Waals surface area contributed by atoms with Crippen molar-refractivity contribution in [3.05, 3.63) is 47.5 Å². The number of carbonyl (C=O) groups is 1. The molecule has 2 aromatic carbocycles. The molecule has 0 atom stereocenters. The molecule has 0 aliphatic rings. The fourth-order valence-corrected chi connectivity index (χ4v) is 3.82. The Morgan fingerprint density at radius 1 is 1.15 bits per heavy atom. The summed E-state index contributed by atoms with van der Waals surface area (Å²) in [4.78, 5) is 12.5. The molecule has 8 heteroatoms. The van der Waals surface area contributed by atoms with Gasteiger partial charge < -0.3 is 15.8 Å². The summed E-state index contributed by atoms with van der Waals surface area (Å²) >= 11 is 0. The molecule has 0 unspecified atom stereocenters. The molecule has 1 amide bonds. The van der Waals surface area contributed by atoms with Gasteiger partial charge in [-0.15, -0.1) is 0 Å². The van der Waals surface area contributed by atoms with E-state index in [1.54, 1.807) is 32.0 Å². The van der Waals surface area contributed by atoms with E-state index in [-0.39, 0.29) is 22.3 Å². The Hall–Kier alpha value is -2.58. The highest BCUT2D eigenvalue weighted by Crippen LogP contribution is 2.26. The molecule has 7 nitrogen and oxygen atoms in total.